The van der Waals surface area contributed by atoms with E-state index in [-0.39, 0.29) is 22.7 Å². The van der Waals surface area contributed by atoms with E-state index >= 15 is 0 Å². The molecule has 1 aliphatic heterocycles. The average Bonchev–Trinajstić information content (AvgIpc) is 2.72. The zero-order valence-corrected chi connectivity index (χ0v) is 16.9. The molecule has 2 aromatic carbocycles. The van der Waals surface area contributed by atoms with Crippen LogP contribution in [0.15, 0.2) is 54.2 Å². The summed E-state index contributed by atoms with van der Waals surface area (Å²) in [5.41, 5.74) is -1.12. The standard InChI is InChI=1S/C22H22FN3O4/c1-4-22(13-15-9-6-5-7-10-15)21(28)25(3)19(20(27)24-22)14(2)18-16(23)11-8-12-17(18)26(29)30/h5-12H,4,13H2,1-3H3,(H,24,27). The monoisotopic (exact) mass is 411 g/mol. The Labute approximate surface area is 173 Å². The third kappa shape index (κ3) is 3.56. The van der Waals surface area contributed by atoms with Gasteiger partial charge in [0.05, 0.1) is 10.5 Å². The van der Waals surface area contributed by atoms with Gasteiger partial charge in [0, 0.05) is 19.5 Å². The van der Waals surface area contributed by atoms with Crippen molar-refractivity contribution in [3.8, 4) is 0 Å². The minimum atomic E-state index is -1.15. The van der Waals surface area contributed by atoms with Crippen LogP contribution in [0.25, 0.3) is 5.57 Å². The number of allylic oxidation sites excluding steroid dienone is 1. The second-order valence-electron chi connectivity index (χ2n) is 7.28. The predicted molar refractivity (Wildman–Crippen MR) is 110 cm³/mol. The van der Waals surface area contributed by atoms with Crippen LogP contribution in [0.1, 0.15) is 31.4 Å². The highest BCUT2D eigenvalue weighted by atomic mass is 19.1. The molecule has 2 amide bonds. The molecule has 1 unspecified atom stereocenters. The fourth-order valence-corrected chi connectivity index (χ4v) is 3.91. The van der Waals surface area contributed by atoms with Crippen molar-refractivity contribution in [3.63, 3.8) is 0 Å². The highest BCUT2D eigenvalue weighted by Crippen LogP contribution is 2.34. The number of likely N-dealkylation sites (N-methyl/N-ethyl adjacent to an activating group) is 1. The molecule has 1 atom stereocenters. The first kappa shape index (κ1) is 21.2. The van der Waals surface area contributed by atoms with Gasteiger partial charge in [0.2, 0.25) is 0 Å². The number of nitro benzene ring substituents is 1. The van der Waals surface area contributed by atoms with Crippen molar-refractivity contribution < 1.29 is 18.9 Å². The lowest BCUT2D eigenvalue weighted by atomic mass is 9.84. The number of amides is 2. The number of piperazine rings is 1. The van der Waals surface area contributed by atoms with E-state index in [1.165, 1.54) is 24.9 Å². The van der Waals surface area contributed by atoms with Crippen LogP contribution in [-0.4, -0.2) is 34.2 Å². The first-order valence-electron chi connectivity index (χ1n) is 9.50. The fourth-order valence-electron chi connectivity index (χ4n) is 3.91. The summed E-state index contributed by atoms with van der Waals surface area (Å²) in [7, 11) is 1.43. The summed E-state index contributed by atoms with van der Waals surface area (Å²) in [5.74, 6) is -1.77. The van der Waals surface area contributed by atoms with E-state index in [2.05, 4.69) is 5.32 Å². The number of nitro groups is 1. The molecule has 1 saturated heterocycles. The fraction of sp³-hybridized carbons (Fsp3) is 0.273. The highest BCUT2D eigenvalue weighted by Gasteiger charge is 2.47. The number of hydrogen-bond acceptors (Lipinski definition) is 4. The summed E-state index contributed by atoms with van der Waals surface area (Å²) in [6.07, 6.45) is 0.647. The van der Waals surface area contributed by atoms with Crippen LogP contribution in [0.4, 0.5) is 10.1 Å². The normalized spacial score (nSPS) is 20.7. The molecule has 0 bridgehead atoms. The lowest BCUT2D eigenvalue weighted by Crippen LogP contribution is -2.65. The van der Waals surface area contributed by atoms with E-state index in [0.717, 1.165) is 17.7 Å². The zero-order valence-electron chi connectivity index (χ0n) is 16.9. The van der Waals surface area contributed by atoms with Gasteiger partial charge >= 0.3 is 0 Å². The number of rotatable bonds is 5. The SMILES string of the molecule is CCC1(Cc2ccccc2)NC(=O)C(=C(C)c2c(F)cccc2[N+](=O)[O-])N(C)C1=O. The summed E-state index contributed by atoms with van der Waals surface area (Å²) in [4.78, 5) is 38.2. The minimum absolute atomic E-state index is 0.0255. The van der Waals surface area contributed by atoms with Gasteiger partial charge in [-0.15, -0.1) is 0 Å². The average molecular weight is 411 g/mol. The lowest BCUT2D eigenvalue weighted by molar-refractivity contribution is -0.385. The van der Waals surface area contributed by atoms with E-state index in [0.29, 0.717) is 12.8 Å². The smallest absolute Gasteiger partial charge is 0.279 e. The molecule has 0 aliphatic carbocycles. The summed E-state index contributed by atoms with van der Waals surface area (Å²) >= 11 is 0. The van der Waals surface area contributed by atoms with Crippen LogP contribution in [0.3, 0.4) is 0 Å². The summed E-state index contributed by atoms with van der Waals surface area (Å²) in [5, 5.41) is 14.2. The first-order chi connectivity index (χ1) is 14.2. The third-order valence-electron chi connectivity index (χ3n) is 5.49. The number of halogens is 1. The number of benzene rings is 2. The Morgan fingerprint density at radius 1 is 1.17 bits per heavy atom. The van der Waals surface area contributed by atoms with E-state index in [1.54, 1.807) is 6.92 Å². The van der Waals surface area contributed by atoms with E-state index < -0.39 is 27.9 Å². The second kappa shape index (κ2) is 8.06. The number of hydrogen-bond donors (Lipinski definition) is 1. The van der Waals surface area contributed by atoms with Gasteiger partial charge in [0.15, 0.2) is 0 Å². The molecule has 0 spiro atoms. The molecule has 1 fully saturated rings. The second-order valence-corrected chi connectivity index (χ2v) is 7.28. The van der Waals surface area contributed by atoms with Gasteiger partial charge < -0.3 is 10.2 Å². The van der Waals surface area contributed by atoms with Crippen LogP contribution in [0.5, 0.6) is 0 Å². The molecular formula is C22H22FN3O4. The molecule has 0 saturated carbocycles. The van der Waals surface area contributed by atoms with Crippen molar-refractivity contribution in [2.24, 2.45) is 0 Å². The Hall–Kier alpha value is -3.55. The molecule has 1 aliphatic rings. The molecule has 1 heterocycles. The number of carbonyl (C=O) groups excluding carboxylic acids is 2. The van der Waals surface area contributed by atoms with Crippen LogP contribution in [-0.2, 0) is 16.0 Å². The highest BCUT2D eigenvalue weighted by molar-refractivity contribution is 6.11. The third-order valence-corrected chi connectivity index (χ3v) is 5.49. The van der Waals surface area contributed by atoms with Gasteiger partial charge in [-0.1, -0.05) is 43.3 Å². The van der Waals surface area contributed by atoms with Gasteiger partial charge in [-0.05, 0) is 30.5 Å². The summed E-state index contributed by atoms with van der Waals surface area (Å²) in [6, 6.07) is 12.8. The lowest BCUT2D eigenvalue weighted by Gasteiger charge is -2.42. The van der Waals surface area contributed by atoms with Gasteiger partial charge in [-0.3, -0.25) is 19.7 Å². The molecule has 1 N–H and O–H groups in total. The Morgan fingerprint density at radius 2 is 1.83 bits per heavy atom. The van der Waals surface area contributed by atoms with Crippen LogP contribution in [0, 0.1) is 15.9 Å². The van der Waals surface area contributed by atoms with Crippen molar-refractivity contribution in [2.45, 2.75) is 32.2 Å². The van der Waals surface area contributed by atoms with Crippen molar-refractivity contribution >= 4 is 23.1 Å². The molecule has 7 nitrogen and oxygen atoms in total. The first-order valence-corrected chi connectivity index (χ1v) is 9.50. The molecule has 0 radical (unpaired) electrons. The van der Waals surface area contributed by atoms with Gasteiger partial charge in [-0.25, -0.2) is 4.39 Å². The Balaban J connectivity index is 2.08. The van der Waals surface area contributed by atoms with Crippen LogP contribution < -0.4 is 5.32 Å². The minimum Gasteiger partial charge on any atom is -0.336 e. The van der Waals surface area contributed by atoms with E-state index in [9.17, 15) is 24.1 Å². The van der Waals surface area contributed by atoms with E-state index in [4.69, 9.17) is 0 Å². The zero-order chi connectivity index (χ0) is 22.1. The summed E-state index contributed by atoms with van der Waals surface area (Å²) in [6.45, 7) is 3.21. The molecule has 0 aromatic heterocycles. The topological polar surface area (TPSA) is 92.5 Å². The van der Waals surface area contributed by atoms with Crippen molar-refractivity contribution in [1.29, 1.82) is 0 Å². The van der Waals surface area contributed by atoms with Gasteiger partial charge in [-0.2, -0.15) is 0 Å². The van der Waals surface area contributed by atoms with Crippen molar-refractivity contribution in [2.75, 3.05) is 7.05 Å². The largest absolute Gasteiger partial charge is 0.336 e. The molecule has 2 aromatic rings. The molecule has 3 rings (SSSR count). The molecular weight excluding hydrogens is 389 g/mol. The van der Waals surface area contributed by atoms with E-state index in [1.807, 2.05) is 30.3 Å². The predicted octanol–water partition coefficient (Wildman–Crippen LogP) is 3.44. The maximum absolute atomic E-state index is 14.5. The Kier molecular flexibility index (Phi) is 5.69. The maximum Gasteiger partial charge on any atom is 0.279 e. The Bertz CT molecular complexity index is 1050. The quantitative estimate of drug-likeness (QED) is 0.463. The van der Waals surface area contributed by atoms with Gasteiger partial charge in [0.1, 0.15) is 17.1 Å². The Morgan fingerprint density at radius 3 is 2.43 bits per heavy atom. The summed E-state index contributed by atoms with van der Waals surface area (Å²) < 4.78 is 14.5. The maximum atomic E-state index is 14.5. The number of nitrogens with zero attached hydrogens (tertiary/aromatic N) is 2. The molecule has 8 heteroatoms. The molecule has 30 heavy (non-hydrogen) atoms. The van der Waals surface area contributed by atoms with Gasteiger partial charge in [0.25, 0.3) is 17.5 Å². The van der Waals surface area contributed by atoms with Crippen LogP contribution >= 0.6 is 0 Å². The number of carbonyl (C=O) groups is 2. The van der Waals surface area contributed by atoms with Crippen molar-refractivity contribution in [1.82, 2.24) is 10.2 Å². The van der Waals surface area contributed by atoms with Crippen molar-refractivity contribution in [3.05, 3.63) is 81.3 Å². The molecule has 156 valence electrons. The van der Waals surface area contributed by atoms with Crippen LogP contribution in [0.2, 0.25) is 0 Å². The number of nitrogens with one attached hydrogen (secondary N) is 1.